The number of aromatic amines is 1. The zero-order valence-electron chi connectivity index (χ0n) is 12.6. The van der Waals surface area contributed by atoms with Crippen molar-refractivity contribution >= 4 is 11.8 Å². The van der Waals surface area contributed by atoms with E-state index < -0.39 is 0 Å². The molecule has 0 saturated carbocycles. The Morgan fingerprint density at radius 2 is 2.00 bits per heavy atom. The van der Waals surface area contributed by atoms with E-state index in [-0.39, 0.29) is 5.56 Å². The molecule has 2 aromatic rings. The maximum Gasteiger partial charge on any atom is 0.251 e. The summed E-state index contributed by atoms with van der Waals surface area (Å²) in [7, 11) is 0. The number of hydrogen-bond acceptors (Lipinski definition) is 4. The zero-order chi connectivity index (χ0) is 15.2. The highest BCUT2D eigenvalue weighted by Gasteiger charge is 2.05. The number of nitrogens with one attached hydrogen (secondary N) is 2. The number of rotatable bonds is 6. The molecule has 1 heterocycles. The van der Waals surface area contributed by atoms with Crippen LogP contribution in [0.1, 0.15) is 19.5 Å². The van der Waals surface area contributed by atoms with Gasteiger partial charge in [0.05, 0.1) is 5.69 Å². The zero-order valence-corrected chi connectivity index (χ0v) is 13.5. The van der Waals surface area contributed by atoms with Crippen molar-refractivity contribution in [1.82, 2.24) is 15.3 Å². The monoisotopic (exact) mass is 303 g/mol. The van der Waals surface area contributed by atoms with Crippen molar-refractivity contribution in [2.75, 3.05) is 12.8 Å². The third-order valence-corrected chi connectivity index (χ3v) is 3.76. The normalized spacial score (nSPS) is 11.0. The molecule has 5 heteroatoms. The Bertz CT molecular complexity index is 635. The fourth-order valence-electron chi connectivity index (χ4n) is 1.97. The standard InChI is InChI=1S/C16H21N3OS/c1-11(2)9-17-10-13-8-15(20)19-16(18-13)12-4-6-14(21-3)7-5-12/h4-8,11,17H,9-10H2,1-3H3,(H,18,19,20). The molecule has 0 spiro atoms. The lowest BCUT2D eigenvalue weighted by atomic mass is 10.2. The highest BCUT2D eigenvalue weighted by Crippen LogP contribution is 2.19. The van der Waals surface area contributed by atoms with Crippen molar-refractivity contribution in [2.45, 2.75) is 25.3 Å². The van der Waals surface area contributed by atoms with Gasteiger partial charge in [-0.05, 0) is 30.9 Å². The fraction of sp³-hybridized carbons (Fsp3) is 0.375. The molecule has 0 unspecified atom stereocenters. The molecule has 0 aliphatic carbocycles. The average molecular weight is 303 g/mol. The molecule has 112 valence electrons. The number of hydrogen-bond donors (Lipinski definition) is 2. The van der Waals surface area contributed by atoms with Crippen LogP contribution >= 0.6 is 11.8 Å². The molecule has 0 atom stereocenters. The second-order valence-electron chi connectivity index (χ2n) is 5.34. The van der Waals surface area contributed by atoms with Crippen LogP contribution in [0.2, 0.25) is 0 Å². The number of thioether (sulfide) groups is 1. The summed E-state index contributed by atoms with van der Waals surface area (Å²) >= 11 is 1.69. The first-order valence-corrected chi connectivity index (χ1v) is 8.26. The summed E-state index contributed by atoms with van der Waals surface area (Å²) < 4.78 is 0. The first-order valence-electron chi connectivity index (χ1n) is 7.04. The number of benzene rings is 1. The molecule has 1 aromatic heterocycles. The minimum atomic E-state index is -0.115. The Balaban J connectivity index is 2.19. The average Bonchev–Trinajstić information content (AvgIpc) is 2.46. The van der Waals surface area contributed by atoms with Crippen molar-refractivity contribution in [3.05, 3.63) is 46.4 Å². The van der Waals surface area contributed by atoms with Gasteiger partial charge in [-0.3, -0.25) is 4.79 Å². The molecule has 0 bridgehead atoms. The van der Waals surface area contributed by atoms with E-state index in [1.165, 1.54) is 4.90 Å². The predicted molar refractivity (Wildman–Crippen MR) is 88.6 cm³/mol. The lowest BCUT2D eigenvalue weighted by molar-refractivity contribution is 0.548. The lowest BCUT2D eigenvalue weighted by Gasteiger charge is -2.08. The van der Waals surface area contributed by atoms with Crippen molar-refractivity contribution < 1.29 is 0 Å². The van der Waals surface area contributed by atoms with E-state index >= 15 is 0 Å². The van der Waals surface area contributed by atoms with Gasteiger partial charge >= 0.3 is 0 Å². The fourth-order valence-corrected chi connectivity index (χ4v) is 2.38. The summed E-state index contributed by atoms with van der Waals surface area (Å²) in [4.78, 5) is 20.3. The Labute approximate surface area is 129 Å². The van der Waals surface area contributed by atoms with Crippen LogP contribution in [0.15, 0.2) is 40.0 Å². The van der Waals surface area contributed by atoms with Gasteiger partial charge in [0, 0.05) is 23.1 Å². The topological polar surface area (TPSA) is 57.8 Å². The molecule has 0 radical (unpaired) electrons. The van der Waals surface area contributed by atoms with Crippen LogP contribution in [0.25, 0.3) is 11.4 Å². The Morgan fingerprint density at radius 1 is 1.29 bits per heavy atom. The van der Waals surface area contributed by atoms with Crippen LogP contribution in [0.3, 0.4) is 0 Å². The molecular formula is C16H21N3OS. The largest absolute Gasteiger partial charge is 0.311 e. The summed E-state index contributed by atoms with van der Waals surface area (Å²) in [6.45, 7) is 5.82. The SMILES string of the molecule is CSc1ccc(-c2nc(CNCC(C)C)cc(=O)[nH]2)cc1. The second kappa shape index (κ2) is 7.43. The summed E-state index contributed by atoms with van der Waals surface area (Å²) in [5, 5.41) is 3.31. The maximum atomic E-state index is 11.8. The van der Waals surface area contributed by atoms with E-state index in [1.54, 1.807) is 17.8 Å². The predicted octanol–water partition coefficient (Wildman–Crippen LogP) is 2.90. The van der Waals surface area contributed by atoms with Gasteiger partial charge in [-0.25, -0.2) is 4.98 Å². The van der Waals surface area contributed by atoms with E-state index in [2.05, 4.69) is 29.1 Å². The summed E-state index contributed by atoms with van der Waals surface area (Å²) in [5.74, 6) is 1.20. The molecule has 4 nitrogen and oxygen atoms in total. The van der Waals surface area contributed by atoms with E-state index in [9.17, 15) is 4.79 Å². The van der Waals surface area contributed by atoms with Gasteiger partial charge in [0.1, 0.15) is 5.82 Å². The number of H-pyrrole nitrogens is 1. The van der Waals surface area contributed by atoms with Gasteiger partial charge in [0.25, 0.3) is 5.56 Å². The van der Waals surface area contributed by atoms with Crippen molar-refractivity contribution in [1.29, 1.82) is 0 Å². The molecule has 0 amide bonds. The van der Waals surface area contributed by atoms with Crippen LogP contribution in [0.5, 0.6) is 0 Å². The van der Waals surface area contributed by atoms with E-state index in [1.807, 2.05) is 30.5 Å². The van der Waals surface area contributed by atoms with Crippen LogP contribution < -0.4 is 10.9 Å². The quantitative estimate of drug-likeness (QED) is 0.806. The van der Waals surface area contributed by atoms with E-state index in [0.29, 0.717) is 18.3 Å². The van der Waals surface area contributed by atoms with Crippen LogP contribution in [-0.4, -0.2) is 22.8 Å². The molecule has 2 N–H and O–H groups in total. The first kappa shape index (κ1) is 15.8. The van der Waals surface area contributed by atoms with Gasteiger partial charge in [0.15, 0.2) is 0 Å². The van der Waals surface area contributed by atoms with Crippen molar-refractivity contribution in [3.63, 3.8) is 0 Å². The van der Waals surface area contributed by atoms with Crippen LogP contribution in [0, 0.1) is 5.92 Å². The Hall–Kier alpha value is -1.59. The molecular weight excluding hydrogens is 282 g/mol. The van der Waals surface area contributed by atoms with E-state index in [4.69, 9.17) is 0 Å². The first-order chi connectivity index (χ1) is 10.1. The summed E-state index contributed by atoms with van der Waals surface area (Å²) in [6, 6.07) is 9.57. The number of nitrogens with zero attached hydrogens (tertiary/aromatic N) is 1. The maximum absolute atomic E-state index is 11.8. The van der Waals surface area contributed by atoms with Crippen molar-refractivity contribution in [3.8, 4) is 11.4 Å². The lowest BCUT2D eigenvalue weighted by Crippen LogP contribution is -2.21. The third kappa shape index (κ3) is 4.72. The summed E-state index contributed by atoms with van der Waals surface area (Å²) in [5.41, 5.74) is 1.58. The smallest absolute Gasteiger partial charge is 0.251 e. The minimum Gasteiger partial charge on any atom is -0.311 e. The molecule has 21 heavy (non-hydrogen) atoms. The van der Waals surface area contributed by atoms with Gasteiger partial charge in [-0.15, -0.1) is 11.8 Å². The number of aromatic nitrogens is 2. The molecule has 0 aliphatic heterocycles. The Kier molecular flexibility index (Phi) is 5.59. The van der Waals surface area contributed by atoms with Gasteiger partial charge in [-0.2, -0.15) is 0 Å². The van der Waals surface area contributed by atoms with Crippen LogP contribution in [-0.2, 0) is 6.54 Å². The molecule has 2 rings (SSSR count). The molecule has 0 aliphatic rings. The van der Waals surface area contributed by atoms with E-state index in [0.717, 1.165) is 17.8 Å². The molecule has 1 aromatic carbocycles. The molecule has 0 saturated heterocycles. The van der Waals surface area contributed by atoms with Gasteiger partial charge in [-0.1, -0.05) is 26.0 Å². The van der Waals surface area contributed by atoms with Gasteiger partial charge in [0.2, 0.25) is 0 Å². The third-order valence-electron chi connectivity index (χ3n) is 3.02. The molecule has 0 fully saturated rings. The van der Waals surface area contributed by atoms with Crippen LogP contribution in [0.4, 0.5) is 0 Å². The highest BCUT2D eigenvalue weighted by molar-refractivity contribution is 7.98. The minimum absolute atomic E-state index is 0.115. The second-order valence-corrected chi connectivity index (χ2v) is 6.22. The highest BCUT2D eigenvalue weighted by atomic mass is 32.2. The Morgan fingerprint density at radius 3 is 2.62 bits per heavy atom. The van der Waals surface area contributed by atoms with Crippen molar-refractivity contribution in [2.24, 2.45) is 5.92 Å². The van der Waals surface area contributed by atoms with Gasteiger partial charge < -0.3 is 10.3 Å². The summed E-state index contributed by atoms with van der Waals surface area (Å²) in [6.07, 6.45) is 2.04.